The highest BCUT2D eigenvalue weighted by Crippen LogP contribution is 2.08. The third-order valence-corrected chi connectivity index (χ3v) is 3.82. The van der Waals surface area contributed by atoms with Crippen LogP contribution in [0.25, 0.3) is 0 Å². The molecule has 0 bridgehead atoms. The first-order valence-corrected chi connectivity index (χ1v) is 8.04. The molecule has 138 valence electrons. The van der Waals surface area contributed by atoms with Crippen molar-refractivity contribution in [1.82, 2.24) is 15.5 Å². The summed E-state index contributed by atoms with van der Waals surface area (Å²) in [5, 5.41) is 14.4. The maximum absolute atomic E-state index is 12.2. The maximum Gasteiger partial charge on any atom is 0.326 e. The number of hydrogen-bond acceptors (Lipinski definition) is 4. The van der Waals surface area contributed by atoms with Crippen LogP contribution < -0.4 is 10.6 Å². The van der Waals surface area contributed by atoms with E-state index in [9.17, 15) is 19.5 Å². The molecule has 0 aliphatic carbocycles. The molecule has 1 heterocycles. The summed E-state index contributed by atoms with van der Waals surface area (Å²) in [7, 11) is 1.41. The highest BCUT2D eigenvalue weighted by Gasteiger charge is 2.26. The molecule has 0 spiro atoms. The number of nitrogens with zero attached hydrogens (tertiary/aromatic N) is 1. The van der Waals surface area contributed by atoms with E-state index in [1.54, 1.807) is 36.4 Å². The number of aliphatic carboxylic acids is 1. The number of carbonyl (C=O) groups excluding carboxylic acids is 2. The minimum Gasteiger partial charge on any atom is -0.480 e. The summed E-state index contributed by atoms with van der Waals surface area (Å²) in [5.74, 6) is -1.02. The zero-order valence-corrected chi connectivity index (χ0v) is 14.3. The first-order chi connectivity index (χ1) is 12.5. The third-order valence-electron chi connectivity index (χ3n) is 3.82. The number of carboxylic acid groups (broad SMARTS) is 1. The van der Waals surface area contributed by atoms with E-state index in [1.807, 2.05) is 6.07 Å². The zero-order chi connectivity index (χ0) is 18.9. The fraction of sp³-hybridized carbons (Fsp3) is 0.278. The van der Waals surface area contributed by atoms with Gasteiger partial charge in [-0.25, -0.2) is 9.59 Å². The first kappa shape index (κ1) is 19.0. The molecule has 0 radical (unpaired) electrons. The van der Waals surface area contributed by atoms with Crippen molar-refractivity contribution in [3.05, 3.63) is 60.1 Å². The van der Waals surface area contributed by atoms with Crippen molar-refractivity contribution in [3.63, 3.8) is 0 Å². The Hall–Kier alpha value is -3.29. The van der Waals surface area contributed by atoms with Gasteiger partial charge in [-0.1, -0.05) is 30.3 Å². The minimum atomic E-state index is -1.10. The molecule has 0 saturated heterocycles. The lowest BCUT2D eigenvalue weighted by molar-refractivity contribution is -0.148. The summed E-state index contributed by atoms with van der Waals surface area (Å²) in [6.45, 7) is -0.117. The monoisotopic (exact) mass is 359 g/mol. The molecule has 1 aromatic carbocycles. The number of benzene rings is 1. The van der Waals surface area contributed by atoms with Crippen LogP contribution in [-0.4, -0.2) is 47.5 Å². The van der Waals surface area contributed by atoms with E-state index in [4.69, 9.17) is 4.42 Å². The number of likely N-dealkylation sites (N-methyl/N-ethyl adjacent to an activating group) is 1. The number of urea groups is 1. The number of carboxylic acids is 1. The van der Waals surface area contributed by atoms with E-state index in [0.717, 1.165) is 10.5 Å². The minimum absolute atomic E-state index is 0.184. The molecule has 26 heavy (non-hydrogen) atoms. The molecule has 1 aromatic heterocycles. The average Bonchev–Trinajstić information content (AvgIpc) is 3.16. The van der Waals surface area contributed by atoms with Gasteiger partial charge in [0.15, 0.2) is 0 Å². The lowest BCUT2D eigenvalue weighted by Crippen LogP contribution is -2.48. The number of amides is 3. The topological polar surface area (TPSA) is 112 Å². The van der Waals surface area contributed by atoms with Crippen molar-refractivity contribution < 1.29 is 23.9 Å². The Morgan fingerprint density at radius 1 is 1.12 bits per heavy atom. The number of hydrogen-bond donors (Lipinski definition) is 3. The van der Waals surface area contributed by atoms with Crippen molar-refractivity contribution in [2.24, 2.45) is 0 Å². The number of nitrogens with one attached hydrogen (secondary N) is 2. The molecule has 0 saturated carbocycles. The molecule has 2 aromatic rings. The molecule has 2 rings (SSSR count). The SMILES string of the molecule is CN(C(=O)CNC(=O)NCc1ccco1)C(Cc1ccccc1)C(=O)O. The van der Waals surface area contributed by atoms with Crippen LogP contribution in [0.3, 0.4) is 0 Å². The fourth-order valence-corrected chi connectivity index (χ4v) is 2.32. The highest BCUT2D eigenvalue weighted by molar-refractivity contribution is 5.87. The average molecular weight is 359 g/mol. The summed E-state index contributed by atoms with van der Waals surface area (Å²) >= 11 is 0. The highest BCUT2D eigenvalue weighted by atomic mass is 16.4. The maximum atomic E-state index is 12.2. The molecule has 8 nitrogen and oxygen atoms in total. The van der Waals surface area contributed by atoms with Crippen LogP contribution in [0.15, 0.2) is 53.1 Å². The Balaban J connectivity index is 1.83. The second-order valence-corrected chi connectivity index (χ2v) is 5.66. The van der Waals surface area contributed by atoms with Crippen LogP contribution in [-0.2, 0) is 22.6 Å². The molecule has 1 atom stereocenters. The number of furan rings is 1. The van der Waals surface area contributed by atoms with Gasteiger partial charge in [-0.3, -0.25) is 4.79 Å². The van der Waals surface area contributed by atoms with Crippen LogP contribution in [0.5, 0.6) is 0 Å². The summed E-state index contributed by atoms with van der Waals surface area (Å²) in [4.78, 5) is 36.6. The van der Waals surface area contributed by atoms with Gasteiger partial charge in [0.25, 0.3) is 0 Å². The lowest BCUT2D eigenvalue weighted by atomic mass is 10.1. The van der Waals surface area contributed by atoms with E-state index in [0.29, 0.717) is 5.76 Å². The van der Waals surface area contributed by atoms with Crippen molar-refractivity contribution >= 4 is 17.9 Å². The summed E-state index contributed by atoms with van der Waals surface area (Å²) in [6.07, 6.45) is 1.68. The van der Waals surface area contributed by atoms with Crippen LogP contribution in [0.1, 0.15) is 11.3 Å². The van der Waals surface area contributed by atoms with Crippen LogP contribution in [0.4, 0.5) is 4.79 Å². The van der Waals surface area contributed by atoms with Crippen LogP contribution in [0.2, 0.25) is 0 Å². The predicted molar refractivity (Wildman–Crippen MR) is 93.3 cm³/mol. The molecule has 0 aliphatic heterocycles. The second kappa shape index (κ2) is 9.26. The van der Waals surface area contributed by atoms with Crippen molar-refractivity contribution in [2.45, 2.75) is 19.0 Å². The normalized spacial score (nSPS) is 11.4. The Labute approximate surface area is 150 Å². The second-order valence-electron chi connectivity index (χ2n) is 5.66. The molecular weight excluding hydrogens is 338 g/mol. The summed E-state index contributed by atoms with van der Waals surface area (Å²) < 4.78 is 5.08. The van der Waals surface area contributed by atoms with Crippen molar-refractivity contribution in [1.29, 1.82) is 0 Å². The van der Waals surface area contributed by atoms with Gasteiger partial charge in [0.05, 0.1) is 19.4 Å². The standard InChI is InChI=1S/C18H21N3O5/c1-21(15(17(23)24)10-13-6-3-2-4-7-13)16(22)12-20-18(25)19-11-14-8-5-9-26-14/h2-9,15H,10-12H2,1H3,(H,23,24)(H2,19,20,25). The Kier molecular flexibility index (Phi) is 6.78. The fourth-order valence-electron chi connectivity index (χ4n) is 2.32. The molecule has 8 heteroatoms. The molecule has 1 unspecified atom stereocenters. The molecule has 0 fully saturated rings. The molecule has 3 N–H and O–H groups in total. The van der Waals surface area contributed by atoms with E-state index in [2.05, 4.69) is 10.6 Å². The quantitative estimate of drug-likeness (QED) is 0.656. The van der Waals surface area contributed by atoms with Gasteiger partial charge >= 0.3 is 12.0 Å². The van der Waals surface area contributed by atoms with Gasteiger partial charge in [-0.15, -0.1) is 0 Å². The first-order valence-electron chi connectivity index (χ1n) is 8.04. The summed E-state index contributed by atoms with van der Waals surface area (Å²) in [5.41, 5.74) is 0.809. The van der Waals surface area contributed by atoms with Gasteiger partial charge in [-0.05, 0) is 17.7 Å². The third kappa shape index (κ3) is 5.66. The Morgan fingerprint density at radius 3 is 2.46 bits per heavy atom. The van der Waals surface area contributed by atoms with Crippen LogP contribution >= 0.6 is 0 Å². The van der Waals surface area contributed by atoms with Gasteiger partial charge in [0.2, 0.25) is 5.91 Å². The Bertz CT molecular complexity index is 731. The lowest BCUT2D eigenvalue weighted by Gasteiger charge is -2.25. The molecule has 3 amide bonds. The molecule has 0 aliphatic rings. The van der Waals surface area contributed by atoms with Gasteiger partial charge in [0.1, 0.15) is 11.8 Å². The van der Waals surface area contributed by atoms with Gasteiger partial charge < -0.3 is 25.1 Å². The number of carbonyl (C=O) groups is 3. The largest absolute Gasteiger partial charge is 0.480 e. The predicted octanol–water partition coefficient (Wildman–Crippen LogP) is 1.23. The van der Waals surface area contributed by atoms with E-state index in [-0.39, 0.29) is 19.5 Å². The van der Waals surface area contributed by atoms with Gasteiger partial charge in [0, 0.05) is 13.5 Å². The van der Waals surface area contributed by atoms with E-state index < -0.39 is 23.9 Å². The smallest absolute Gasteiger partial charge is 0.326 e. The van der Waals surface area contributed by atoms with E-state index in [1.165, 1.54) is 13.3 Å². The molecular formula is C18H21N3O5. The van der Waals surface area contributed by atoms with Crippen LogP contribution in [0, 0.1) is 0 Å². The Morgan fingerprint density at radius 2 is 1.85 bits per heavy atom. The van der Waals surface area contributed by atoms with E-state index >= 15 is 0 Å². The van der Waals surface area contributed by atoms with Gasteiger partial charge in [-0.2, -0.15) is 0 Å². The van der Waals surface area contributed by atoms with Crippen molar-refractivity contribution in [3.8, 4) is 0 Å². The zero-order valence-electron chi connectivity index (χ0n) is 14.3. The summed E-state index contributed by atoms with van der Waals surface area (Å²) in [6, 6.07) is 10.9. The number of rotatable bonds is 8. The van der Waals surface area contributed by atoms with Crippen molar-refractivity contribution in [2.75, 3.05) is 13.6 Å².